The Morgan fingerprint density at radius 2 is 1.76 bits per heavy atom. The number of carbonyl (C=O) groups excluding carboxylic acids is 1. The second-order valence-electron chi connectivity index (χ2n) is 7.97. The number of piperazine rings is 1. The van der Waals surface area contributed by atoms with Gasteiger partial charge in [-0.15, -0.1) is 0 Å². The lowest BCUT2D eigenvalue weighted by Gasteiger charge is -2.33. The van der Waals surface area contributed by atoms with Crippen LogP contribution in [0.3, 0.4) is 0 Å². The Hall–Kier alpha value is -2.21. The van der Waals surface area contributed by atoms with Crippen LogP contribution in [0.5, 0.6) is 0 Å². The molecule has 2 heterocycles. The molecule has 2 aliphatic heterocycles. The highest BCUT2D eigenvalue weighted by molar-refractivity contribution is 6.34. The predicted octanol–water partition coefficient (Wildman–Crippen LogP) is 3.57. The van der Waals surface area contributed by atoms with Crippen molar-refractivity contribution in [2.45, 2.75) is 19.4 Å². The van der Waals surface area contributed by atoms with Gasteiger partial charge in [-0.25, -0.2) is 5.01 Å². The molecule has 152 valence electrons. The molecule has 4 rings (SSSR count). The van der Waals surface area contributed by atoms with Gasteiger partial charge < -0.3 is 4.90 Å². The highest BCUT2D eigenvalue weighted by Gasteiger charge is 2.34. The Kier molecular flexibility index (Phi) is 5.99. The lowest BCUT2D eigenvalue weighted by atomic mass is 9.97. The predicted molar refractivity (Wildman–Crippen MR) is 117 cm³/mol. The van der Waals surface area contributed by atoms with Gasteiger partial charge in [-0.05, 0) is 25.6 Å². The first-order valence-electron chi connectivity index (χ1n) is 10.1. The third kappa shape index (κ3) is 4.53. The van der Waals surface area contributed by atoms with Crippen molar-refractivity contribution in [1.82, 2.24) is 14.8 Å². The molecule has 0 bridgehead atoms. The molecule has 1 atom stereocenters. The maximum absolute atomic E-state index is 13.2. The van der Waals surface area contributed by atoms with Gasteiger partial charge in [0, 0.05) is 43.2 Å². The second kappa shape index (κ2) is 8.66. The fourth-order valence-electron chi connectivity index (χ4n) is 3.92. The Balaban J connectivity index is 1.59. The molecule has 5 nitrogen and oxygen atoms in total. The highest BCUT2D eigenvalue weighted by atomic mass is 35.5. The lowest BCUT2D eigenvalue weighted by Crippen LogP contribution is -2.48. The molecule has 6 heteroatoms. The number of amides is 1. The van der Waals surface area contributed by atoms with E-state index in [1.165, 1.54) is 5.56 Å². The van der Waals surface area contributed by atoms with E-state index in [9.17, 15) is 4.79 Å². The van der Waals surface area contributed by atoms with Crippen molar-refractivity contribution in [3.05, 3.63) is 70.2 Å². The third-order valence-corrected chi connectivity index (χ3v) is 6.10. The molecule has 2 aliphatic rings. The molecule has 0 saturated carbocycles. The number of hydrogen-bond donors (Lipinski definition) is 0. The molecule has 0 aromatic heterocycles. The molecule has 1 amide bonds. The van der Waals surface area contributed by atoms with Crippen molar-refractivity contribution in [2.24, 2.45) is 5.10 Å². The summed E-state index contributed by atoms with van der Waals surface area (Å²) >= 11 is 6.42. The number of likely N-dealkylation sites (N-methyl/N-ethyl adjacent to an activating group) is 1. The summed E-state index contributed by atoms with van der Waals surface area (Å²) in [6, 6.07) is 16.0. The number of halogens is 1. The molecule has 2 aromatic carbocycles. The molecule has 1 fully saturated rings. The van der Waals surface area contributed by atoms with Crippen LogP contribution in [0.1, 0.15) is 29.2 Å². The highest BCUT2D eigenvalue weighted by Crippen LogP contribution is 2.34. The summed E-state index contributed by atoms with van der Waals surface area (Å²) in [4.78, 5) is 17.7. The minimum atomic E-state index is -0.0955. The SMILES string of the molecule is Cc1ccc(C2CC(c3ccccc3Cl)=NN2C(=O)CN2CCN(C)CC2)cc1. The van der Waals surface area contributed by atoms with E-state index < -0.39 is 0 Å². The summed E-state index contributed by atoms with van der Waals surface area (Å²) in [5.41, 5.74) is 4.08. The summed E-state index contributed by atoms with van der Waals surface area (Å²) in [6.07, 6.45) is 0.668. The molecule has 2 aromatic rings. The van der Waals surface area contributed by atoms with Gasteiger partial charge >= 0.3 is 0 Å². The first-order valence-corrected chi connectivity index (χ1v) is 10.5. The number of aryl methyl sites for hydroxylation is 1. The summed E-state index contributed by atoms with van der Waals surface area (Å²) in [6.45, 7) is 6.26. The number of benzene rings is 2. The maximum Gasteiger partial charge on any atom is 0.257 e. The van der Waals surface area contributed by atoms with Gasteiger partial charge in [0.25, 0.3) is 5.91 Å². The molecule has 1 saturated heterocycles. The van der Waals surface area contributed by atoms with Crippen LogP contribution in [0.25, 0.3) is 0 Å². The van der Waals surface area contributed by atoms with Crippen molar-refractivity contribution in [3.8, 4) is 0 Å². The normalized spacial score (nSPS) is 20.7. The summed E-state index contributed by atoms with van der Waals surface area (Å²) in [7, 11) is 2.12. The van der Waals surface area contributed by atoms with E-state index in [-0.39, 0.29) is 11.9 Å². The molecular weight excluding hydrogens is 384 g/mol. The monoisotopic (exact) mass is 410 g/mol. The van der Waals surface area contributed by atoms with E-state index in [2.05, 4.69) is 48.0 Å². The zero-order chi connectivity index (χ0) is 20.4. The van der Waals surface area contributed by atoms with Crippen LogP contribution < -0.4 is 0 Å². The van der Waals surface area contributed by atoms with E-state index in [0.29, 0.717) is 18.0 Å². The molecule has 0 radical (unpaired) electrons. The fourth-order valence-corrected chi connectivity index (χ4v) is 4.16. The van der Waals surface area contributed by atoms with Gasteiger partial charge in [-0.3, -0.25) is 9.69 Å². The Bertz CT molecular complexity index is 903. The van der Waals surface area contributed by atoms with Crippen molar-refractivity contribution >= 4 is 23.2 Å². The quantitative estimate of drug-likeness (QED) is 0.773. The summed E-state index contributed by atoms with van der Waals surface area (Å²) < 4.78 is 0. The average molecular weight is 411 g/mol. The number of rotatable bonds is 4. The number of hydrogen-bond acceptors (Lipinski definition) is 4. The molecule has 1 unspecified atom stereocenters. The average Bonchev–Trinajstić information content (AvgIpc) is 3.16. The van der Waals surface area contributed by atoms with Crippen molar-refractivity contribution in [1.29, 1.82) is 0 Å². The summed E-state index contributed by atoms with van der Waals surface area (Å²) in [5.74, 6) is 0.0437. The van der Waals surface area contributed by atoms with E-state index in [1.54, 1.807) is 5.01 Å². The van der Waals surface area contributed by atoms with Crippen LogP contribution in [0, 0.1) is 6.92 Å². The number of carbonyl (C=O) groups is 1. The van der Waals surface area contributed by atoms with Gasteiger partial charge in [0.1, 0.15) is 0 Å². The lowest BCUT2D eigenvalue weighted by molar-refractivity contribution is -0.134. The first-order chi connectivity index (χ1) is 14.0. The molecule has 0 aliphatic carbocycles. The van der Waals surface area contributed by atoms with Gasteiger partial charge in [0.2, 0.25) is 0 Å². The molecule has 0 N–H and O–H groups in total. The molecular formula is C23H27ClN4O. The van der Waals surface area contributed by atoms with Crippen LogP contribution in [-0.2, 0) is 4.79 Å². The Labute approximate surface area is 177 Å². The van der Waals surface area contributed by atoms with Gasteiger partial charge in [-0.2, -0.15) is 5.10 Å². The standard InChI is InChI=1S/C23H27ClN4O/c1-17-7-9-18(10-8-17)22-15-21(19-5-3-4-6-20(19)24)25-28(22)23(29)16-27-13-11-26(2)12-14-27/h3-10,22H,11-16H2,1-2H3. The summed E-state index contributed by atoms with van der Waals surface area (Å²) in [5, 5.41) is 7.11. The van der Waals surface area contributed by atoms with E-state index >= 15 is 0 Å². The van der Waals surface area contributed by atoms with Crippen LogP contribution in [-0.4, -0.2) is 66.2 Å². The van der Waals surface area contributed by atoms with E-state index in [4.69, 9.17) is 16.7 Å². The van der Waals surface area contributed by atoms with Crippen molar-refractivity contribution < 1.29 is 4.79 Å². The Morgan fingerprint density at radius 1 is 1.07 bits per heavy atom. The third-order valence-electron chi connectivity index (χ3n) is 5.77. The largest absolute Gasteiger partial charge is 0.304 e. The zero-order valence-electron chi connectivity index (χ0n) is 17.0. The Morgan fingerprint density at radius 3 is 2.45 bits per heavy atom. The first kappa shape index (κ1) is 20.1. The van der Waals surface area contributed by atoms with Crippen LogP contribution in [0.4, 0.5) is 0 Å². The van der Waals surface area contributed by atoms with E-state index in [1.807, 2.05) is 24.3 Å². The van der Waals surface area contributed by atoms with Crippen molar-refractivity contribution in [3.63, 3.8) is 0 Å². The van der Waals surface area contributed by atoms with Crippen LogP contribution in [0.15, 0.2) is 53.6 Å². The number of nitrogens with zero attached hydrogens (tertiary/aromatic N) is 4. The van der Waals surface area contributed by atoms with Gasteiger partial charge in [0.15, 0.2) is 0 Å². The smallest absolute Gasteiger partial charge is 0.257 e. The van der Waals surface area contributed by atoms with Gasteiger partial charge in [0.05, 0.1) is 18.3 Å². The maximum atomic E-state index is 13.2. The topological polar surface area (TPSA) is 39.2 Å². The van der Waals surface area contributed by atoms with Crippen LogP contribution >= 0.6 is 11.6 Å². The van der Waals surface area contributed by atoms with Crippen LogP contribution in [0.2, 0.25) is 5.02 Å². The fraction of sp³-hybridized carbons (Fsp3) is 0.391. The van der Waals surface area contributed by atoms with E-state index in [0.717, 1.165) is 43.0 Å². The molecule has 29 heavy (non-hydrogen) atoms. The minimum absolute atomic E-state index is 0.0437. The minimum Gasteiger partial charge on any atom is -0.304 e. The number of hydrazone groups is 1. The molecule has 0 spiro atoms. The van der Waals surface area contributed by atoms with Gasteiger partial charge in [-0.1, -0.05) is 59.6 Å². The second-order valence-corrected chi connectivity index (χ2v) is 8.38. The van der Waals surface area contributed by atoms with Crippen molar-refractivity contribution in [2.75, 3.05) is 39.8 Å². The zero-order valence-corrected chi connectivity index (χ0v) is 17.8.